The Morgan fingerprint density at radius 3 is 2.40 bits per heavy atom. The summed E-state index contributed by atoms with van der Waals surface area (Å²) in [4.78, 5) is 4.11. The number of aromatic nitrogens is 4. The molecule has 0 radical (unpaired) electrons. The molecule has 0 aliphatic rings. The molecule has 6 nitrogen and oxygen atoms in total. The van der Waals surface area contributed by atoms with E-state index in [2.05, 4.69) is 36.0 Å². The van der Waals surface area contributed by atoms with Crippen molar-refractivity contribution < 1.29 is 8.42 Å². The van der Waals surface area contributed by atoms with Gasteiger partial charge in [0, 0.05) is 18.7 Å². The average Bonchev–Trinajstić information content (AvgIpc) is 2.85. The van der Waals surface area contributed by atoms with Crippen LogP contribution in [0.4, 0.5) is 0 Å². The van der Waals surface area contributed by atoms with E-state index in [4.69, 9.17) is 0 Å². The smallest absolute Gasteiger partial charge is 0.198 e. The summed E-state index contributed by atoms with van der Waals surface area (Å²) in [6, 6.07) is 0. The Hall–Kier alpha value is -0.930. The van der Waals surface area contributed by atoms with Gasteiger partial charge >= 0.3 is 0 Å². The maximum absolute atomic E-state index is 11.4. The van der Waals surface area contributed by atoms with Gasteiger partial charge in [0.1, 0.15) is 10.0 Å². The second kappa shape index (κ2) is 5.12. The lowest BCUT2D eigenvalue weighted by Crippen LogP contribution is -2.17. The molecule has 9 heteroatoms. The topological polar surface area (TPSA) is 77.7 Å². The van der Waals surface area contributed by atoms with Gasteiger partial charge in [0.05, 0.1) is 6.20 Å². The van der Waals surface area contributed by atoms with Gasteiger partial charge in [0.25, 0.3) is 0 Å². The Bertz CT molecular complexity index is 725. The Morgan fingerprint density at radius 2 is 1.95 bits per heavy atom. The van der Waals surface area contributed by atoms with Gasteiger partial charge in [-0.25, -0.2) is 13.4 Å². The highest BCUT2D eigenvalue weighted by molar-refractivity contribution is 8.01. The molecule has 0 fully saturated rings. The van der Waals surface area contributed by atoms with Gasteiger partial charge < -0.3 is 4.57 Å². The predicted molar refractivity (Wildman–Crippen MR) is 79.0 cm³/mol. The first kappa shape index (κ1) is 15.5. The van der Waals surface area contributed by atoms with Crippen molar-refractivity contribution in [3.63, 3.8) is 0 Å². The van der Waals surface area contributed by atoms with Crippen molar-refractivity contribution in [2.75, 3.05) is 6.26 Å². The van der Waals surface area contributed by atoms with Crippen molar-refractivity contribution in [1.82, 2.24) is 19.7 Å². The highest BCUT2D eigenvalue weighted by Gasteiger charge is 2.23. The lowest BCUT2D eigenvalue weighted by atomic mass is 9.96. The molecule has 2 heterocycles. The number of hydrogen-bond acceptors (Lipinski definition) is 7. The van der Waals surface area contributed by atoms with Crippen LogP contribution in [-0.2, 0) is 22.3 Å². The molecule has 0 amide bonds. The molecule has 0 saturated heterocycles. The fourth-order valence-electron chi connectivity index (χ4n) is 1.60. The molecule has 20 heavy (non-hydrogen) atoms. The number of nitrogens with zero attached hydrogens (tertiary/aromatic N) is 4. The summed E-state index contributed by atoms with van der Waals surface area (Å²) >= 11 is 2.46. The summed E-state index contributed by atoms with van der Waals surface area (Å²) in [7, 11) is -1.31. The van der Waals surface area contributed by atoms with Crippen LogP contribution in [0.1, 0.15) is 26.6 Å². The molecular weight excluding hydrogens is 316 g/mol. The molecule has 0 bridgehead atoms. The molecule has 0 atom stereocenters. The highest BCUT2D eigenvalue weighted by Crippen LogP contribution is 2.33. The standard InChI is InChI=1S/C11H16N4O2S3/c1-11(2,3)8-13-14-9(15(8)4)19-10-12-6-7(18-10)20(5,16)17/h6H,1-5H3. The summed E-state index contributed by atoms with van der Waals surface area (Å²) in [6.45, 7) is 6.20. The van der Waals surface area contributed by atoms with Crippen molar-refractivity contribution in [3.8, 4) is 0 Å². The highest BCUT2D eigenvalue weighted by atomic mass is 32.2. The third-order valence-electron chi connectivity index (χ3n) is 2.51. The van der Waals surface area contributed by atoms with Crippen LogP contribution in [0.5, 0.6) is 0 Å². The normalized spacial score (nSPS) is 12.8. The molecule has 0 aliphatic heterocycles. The van der Waals surface area contributed by atoms with Gasteiger partial charge in [0.2, 0.25) is 0 Å². The molecule has 2 rings (SSSR count). The zero-order valence-corrected chi connectivity index (χ0v) is 14.4. The van der Waals surface area contributed by atoms with E-state index in [1.165, 1.54) is 24.2 Å². The fourth-order valence-corrected chi connectivity index (χ4v) is 4.45. The molecular formula is C11H16N4O2S3. The van der Waals surface area contributed by atoms with Gasteiger partial charge in [-0.05, 0) is 11.8 Å². The summed E-state index contributed by atoms with van der Waals surface area (Å²) in [5.41, 5.74) is -0.0959. The summed E-state index contributed by atoms with van der Waals surface area (Å²) in [6.07, 6.45) is 2.55. The molecule has 0 spiro atoms. The van der Waals surface area contributed by atoms with Gasteiger partial charge in [0.15, 0.2) is 19.3 Å². The van der Waals surface area contributed by atoms with E-state index >= 15 is 0 Å². The monoisotopic (exact) mass is 332 g/mol. The number of rotatable bonds is 3. The van der Waals surface area contributed by atoms with Crippen LogP contribution in [0.15, 0.2) is 19.9 Å². The molecule has 0 saturated carbocycles. The van der Waals surface area contributed by atoms with Crippen LogP contribution in [-0.4, -0.2) is 34.4 Å². The maximum atomic E-state index is 11.4. The molecule has 0 N–H and O–H groups in total. The second-order valence-corrected chi connectivity index (χ2v) is 9.92. The van der Waals surface area contributed by atoms with Crippen LogP contribution < -0.4 is 0 Å². The Kier molecular flexibility index (Phi) is 3.96. The van der Waals surface area contributed by atoms with Crippen molar-refractivity contribution in [2.45, 2.75) is 39.9 Å². The van der Waals surface area contributed by atoms with Crippen molar-refractivity contribution in [3.05, 3.63) is 12.0 Å². The Morgan fingerprint density at radius 1 is 1.30 bits per heavy atom. The van der Waals surface area contributed by atoms with E-state index in [0.29, 0.717) is 9.50 Å². The van der Waals surface area contributed by atoms with E-state index in [1.54, 1.807) is 0 Å². The minimum absolute atomic E-state index is 0.0959. The van der Waals surface area contributed by atoms with E-state index < -0.39 is 9.84 Å². The summed E-state index contributed by atoms with van der Waals surface area (Å²) in [5.74, 6) is 0.875. The molecule has 2 aromatic heterocycles. The Labute approximate surface area is 126 Å². The Balaban J connectivity index is 2.28. The van der Waals surface area contributed by atoms with Crippen LogP contribution in [0.3, 0.4) is 0 Å². The van der Waals surface area contributed by atoms with Gasteiger partial charge in [-0.1, -0.05) is 32.1 Å². The van der Waals surface area contributed by atoms with Gasteiger partial charge in [-0.2, -0.15) is 0 Å². The quantitative estimate of drug-likeness (QED) is 0.857. The zero-order chi connectivity index (χ0) is 15.1. The third-order valence-corrected chi connectivity index (χ3v) is 6.41. The van der Waals surface area contributed by atoms with Crippen LogP contribution in [0.25, 0.3) is 0 Å². The minimum atomic E-state index is -3.20. The summed E-state index contributed by atoms with van der Waals surface area (Å²) in [5, 5.41) is 9.03. The number of sulfone groups is 1. The molecule has 2 aromatic rings. The molecule has 110 valence electrons. The lowest BCUT2D eigenvalue weighted by Gasteiger charge is -2.16. The largest absolute Gasteiger partial charge is 0.308 e. The summed E-state index contributed by atoms with van der Waals surface area (Å²) < 4.78 is 25.7. The minimum Gasteiger partial charge on any atom is -0.308 e. The number of hydrogen-bond donors (Lipinski definition) is 0. The van der Waals surface area contributed by atoms with Crippen molar-refractivity contribution >= 4 is 32.9 Å². The van der Waals surface area contributed by atoms with E-state index in [-0.39, 0.29) is 9.62 Å². The first-order chi connectivity index (χ1) is 9.09. The predicted octanol–water partition coefficient (Wildman–Crippen LogP) is 2.12. The second-order valence-electron chi connectivity index (χ2n) is 5.43. The SMILES string of the molecule is Cn1c(Sc2ncc(S(C)(=O)=O)s2)nnc1C(C)(C)C. The first-order valence-electron chi connectivity index (χ1n) is 5.82. The number of thiazole rings is 1. The molecule has 0 aliphatic carbocycles. The van der Waals surface area contributed by atoms with E-state index in [9.17, 15) is 8.42 Å². The average molecular weight is 332 g/mol. The fraction of sp³-hybridized carbons (Fsp3) is 0.545. The van der Waals surface area contributed by atoms with Crippen LogP contribution in [0.2, 0.25) is 0 Å². The van der Waals surface area contributed by atoms with E-state index in [1.807, 2.05) is 11.6 Å². The zero-order valence-electron chi connectivity index (χ0n) is 11.9. The van der Waals surface area contributed by atoms with E-state index in [0.717, 1.165) is 17.2 Å². The third kappa shape index (κ3) is 3.21. The van der Waals surface area contributed by atoms with Crippen LogP contribution >= 0.6 is 23.1 Å². The van der Waals surface area contributed by atoms with Gasteiger partial charge in [-0.15, -0.1) is 10.2 Å². The molecule has 0 aromatic carbocycles. The van der Waals surface area contributed by atoms with Crippen LogP contribution in [0, 0.1) is 0 Å². The van der Waals surface area contributed by atoms with Crippen molar-refractivity contribution in [1.29, 1.82) is 0 Å². The van der Waals surface area contributed by atoms with Gasteiger partial charge in [-0.3, -0.25) is 0 Å². The maximum Gasteiger partial charge on any atom is 0.198 e. The first-order valence-corrected chi connectivity index (χ1v) is 9.35. The lowest BCUT2D eigenvalue weighted by molar-refractivity contribution is 0.513. The molecule has 0 unspecified atom stereocenters. The van der Waals surface area contributed by atoms with Crippen molar-refractivity contribution in [2.24, 2.45) is 7.05 Å².